The van der Waals surface area contributed by atoms with E-state index in [4.69, 9.17) is 46.8 Å². The van der Waals surface area contributed by atoms with Gasteiger partial charge in [-0.05, 0) is 89.8 Å². The number of nitrogens with two attached hydrogens (primary N) is 2. The molecule has 3 aliphatic rings. The van der Waals surface area contributed by atoms with Crippen LogP contribution < -0.4 is 64.1 Å². The minimum Gasteiger partial charge on any atom is -0.462 e. The van der Waals surface area contributed by atoms with E-state index in [-0.39, 0.29) is 36.6 Å². The number of hydrogen-bond acceptors (Lipinski definition) is 24. The maximum Gasteiger partial charge on any atom is 0.329 e. The first-order valence-electron chi connectivity index (χ1n) is 36.1. The van der Waals surface area contributed by atoms with Crippen molar-refractivity contribution in [3.8, 4) is 5.75 Å². The fourth-order valence-electron chi connectivity index (χ4n) is 12.2. The molecular formula is C72H112ClN13O23. The third-order valence-corrected chi connectivity index (χ3v) is 19.7. The van der Waals surface area contributed by atoms with E-state index in [1.54, 1.807) is 6.08 Å². The number of amides is 12. The molecule has 109 heavy (non-hydrogen) atoms. The van der Waals surface area contributed by atoms with Crippen LogP contribution in [0.1, 0.15) is 121 Å². The lowest BCUT2D eigenvalue weighted by molar-refractivity contribution is -0.268. The molecule has 3 fully saturated rings. The van der Waals surface area contributed by atoms with Gasteiger partial charge in [0.1, 0.15) is 90.3 Å². The second kappa shape index (κ2) is 43.0. The van der Waals surface area contributed by atoms with Gasteiger partial charge in [-0.3, -0.25) is 57.5 Å². The van der Waals surface area contributed by atoms with Crippen LogP contribution in [0.2, 0.25) is 0 Å². The van der Waals surface area contributed by atoms with Crippen LogP contribution >= 0.6 is 11.6 Å². The summed E-state index contributed by atoms with van der Waals surface area (Å²) in [6.07, 6.45) is -6.76. The van der Waals surface area contributed by atoms with Crippen molar-refractivity contribution < 1.29 is 112 Å². The number of alkyl halides is 1. The van der Waals surface area contributed by atoms with E-state index in [1.165, 1.54) is 113 Å². The average molecular weight is 1560 g/mol. The van der Waals surface area contributed by atoms with E-state index in [2.05, 4.69) is 47.9 Å². The summed E-state index contributed by atoms with van der Waals surface area (Å²) in [5.41, 5.74) is 12.7. The number of carbonyl (C=O) groups excluding carboxylic acids is 13. The highest BCUT2D eigenvalue weighted by Gasteiger charge is 2.49. The molecule has 0 bridgehead atoms. The van der Waals surface area contributed by atoms with Gasteiger partial charge in [0.05, 0.1) is 43.9 Å². The second-order valence-electron chi connectivity index (χ2n) is 28.2. The van der Waals surface area contributed by atoms with Gasteiger partial charge in [0.25, 0.3) is 5.91 Å². The summed E-state index contributed by atoms with van der Waals surface area (Å²) in [6, 6.07) is -10.4. The SMILES string of the molecule is C/C=C(\NC(=O)CNC(=O)C(C)C(O)/C=C\C(C)=C\C(C)CC)C(=O)N[C@H](C(=O)N[C@H](C(=O)N[C@H]1C(=O)N[C@H](COC)C(=O)NCC(=O)N[C@@H](C)C(=O)N(C)C([C@@H](C)O)C(=O)NC([C@H](OC)c2ccc(O[C@@H]3O[C@@H](C)[C@H](O)[C@@H](O)[C@H]3O)cc2)C(=O)N2CC[C@H](Cl)CC2C(=O)O[C@@H]1C(C)C)[C@@H](C)[C@@H](C)C(N)=O)[C@H](C)N. The van der Waals surface area contributed by atoms with Gasteiger partial charge < -0.3 is 118 Å². The topological polar surface area (TPSA) is 536 Å². The summed E-state index contributed by atoms with van der Waals surface area (Å²) < 4.78 is 29.0. The maximum atomic E-state index is 15.7. The number of nitrogens with one attached hydrogen (secondary N) is 9. The average Bonchev–Trinajstić information content (AvgIpc) is 0.796. The maximum absolute atomic E-state index is 15.7. The second-order valence-corrected chi connectivity index (χ2v) is 28.8. The number of hydrogen-bond donors (Lipinski definition) is 16. The number of primary amides is 1. The third-order valence-electron chi connectivity index (χ3n) is 19.3. The number of methoxy groups -OCH3 is 2. The number of likely N-dealkylation sites (N-methyl/N-ethyl adjacent to an activating group) is 1. The van der Waals surface area contributed by atoms with Crippen molar-refractivity contribution in [3.05, 3.63) is 65.4 Å². The number of allylic oxidation sites excluding steroid dienone is 4. The smallest absolute Gasteiger partial charge is 0.329 e. The lowest BCUT2D eigenvalue weighted by atomic mass is 9.87. The number of aliphatic hydroxyl groups excluding tert-OH is 5. The van der Waals surface area contributed by atoms with Gasteiger partial charge in [-0.15, -0.1) is 11.6 Å². The first-order chi connectivity index (χ1) is 51.0. The Morgan fingerprint density at radius 1 is 0.817 bits per heavy atom. The number of piperidine rings is 1. The van der Waals surface area contributed by atoms with Crippen LogP contribution in [-0.2, 0) is 81.3 Å². The quantitative estimate of drug-likeness (QED) is 0.0167. The first-order valence-corrected chi connectivity index (χ1v) is 36.5. The number of fused-ring (bicyclic) bond motifs is 1. The number of nitrogens with zero attached hydrogens (tertiary/aromatic N) is 2. The van der Waals surface area contributed by atoms with Crippen molar-refractivity contribution in [2.24, 2.45) is 41.1 Å². The molecular weight excluding hydrogens is 1450 g/mol. The highest BCUT2D eigenvalue weighted by Crippen LogP contribution is 2.32. The highest BCUT2D eigenvalue weighted by molar-refractivity contribution is 6.21. The third kappa shape index (κ3) is 25.9. The predicted molar refractivity (Wildman–Crippen MR) is 392 cm³/mol. The molecule has 37 heteroatoms. The van der Waals surface area contributed by atoms with Crippen molar-refractivity contribution in [2.45, 2.75) is 224 Å². The summed E-state index contributed by atoms with van der Waals surface area (Å²) in [5.74, 6) is -18.3. The number of aliphatic hydroxyl groups is 5. The normalized spacial score (nSPS) is 27.6. The molecule has 4 rings (SSSR count). The van der Waals surface area contributed by atoms with Crippen LogP contribution in [0.25, 0.3) is 0 Å². The monoisotopic (exact) mass is 1560 g/mol. The molecule has 1 aromatic rings. The van der Waals surface area contributed by atoms with Gasteiger partial charge >= 0.3 is 5.97 Å². The number of ether oxygens (including phenoxy) is 5. The van der Waals surface area contributed by atoms with Crippen LogP contribution in [0.15, 0.2) is 59.8 Å². The molecule has 610 valence electrons. The van der Waals surface area contributed by atoms with Crippen molar-refractivity contribution in [1.82, 2.24) is 57.7 Å². The summed E-state index contributed by atoms with van der Waals surface area (Å²) in [6.45, 7) is 16.9. The minimum absolute atomic E-state index is 0.00852. The van der Waals surface area contributed by atoms with Crippen LogP contribution in [0.5, 0.6) is 5.75 Å². The lowest BCUT2D eigenvalue weighted by Gasteiger charge is -2.41. The van der Waals surface area contributed by atoms with Gasteiger partial charge in [-0.1, -0.05) is 96.9 Å². The summed E-state index contributed by atoms with van der Waals surface area (Å²) in [4.78, 5) is 188. The number of cyclic esters (lactones) is 1. The van der Waals surface area contributed by atoms with E-state index in [0.717, 1.165) is 36.0 Å². The van der Waals surface area contributed by atoms with Crippen molar-refractivity contribution in [2.75, 3.05) is 47.5 Å². The number of rotatable bonds is 28. The van der Waals surface area contributed by atoms with Gasteiger partial charge in [0, 0.05) is 45.1 Å². The molecule has 0 spiro atoms. The largest absolute Gasteiger partial charge is 0.462 e. The van der Waals surface area contributed by atoms with Crippen LogP contribution in [-0.4, -0.2) is 268 Å². The Balaban J connectivity index is 1.83. The van der Waals surface area contributed by atoms with Crippen LogP contribution in [0.3, 0.4) is 0 Å². The Morgan fingerprint density at radius 3 is 2.03 bits per heavy atom. The van der Waals surface area contributed by atoms with E-state index in [0.29, 0.717) is 0 Å². The molecule has 12 amide bonds. The zero-order valence-corrected chi connectivity index (χ0v) is 65.2. The van der Waals surface area contributed by atoms with Gasteiger partial charge in [0.15, 0.2) is 0 Å². The molecule has 36 nitrogen and oxygen atoms in total. The lowest BCUT2D eigenvalue weighted by Crippen LogP contribution is -2.66. The van der Waals surface area contributed by atoms with E-state index < -0.39 is 241 Å². The van der Waals surface area contributed by atoms with Crippen LogP contribution in [0.4, 0.5) is 0 Å². The standard InChI is InChI=1S/C72H112ClN13O23/c1-17-33(5)27-34(6)19-24-48(88)37(9)62(95)76-30-50(90)79-45(18-2)64(97)82-52(38(10)74)66(99)81-51(35(7)36(8)61(75)94)65(98)83-53-59(32(3)4)109-71(104)47-28-43(73)25-26-86(47)70(103)54(60(106-16)42-20-22-44(23-21-42)108-72-58(93)57(92)56(91)41(13)107-72)84-68(101)55(40(12)87)85(14)69(102)39(11)78-49(89)29-77-63(96)46(31-105-15)80-67(53)100/h18-24,27,32-33,35-41,43,46-48,51-60,72,87-88,91-93H,17,25-26,28-31,74H2,1-16H3,(H2,75,94)(H,76,95)(H,77,96)(H,78,89)(H,79,90)(H,80,100)(H,81,99)(H,82,97)(H,83,98)(H,84,101)/b24-19-,34-27+,45-18-/t33?,35-,36+,37?,38-,39-,40+,41-,43-,46+,47?,48?,51-,52-,53+,54?,55?,56-,57+,58+,59+,60+,72-/m0/s1. The van der Waals surface area contributed by atoms with Crippen molar-refractivity contribution >= 4 is 88.5 Å². The fraction of sp³-hybridized carbons (Fsp3) is 0.653. The minimum atomic E-state index is -2.16. The van der Waals surface area contributed by atoms with Gasteiger partial charge in [-0.25, -0.2) is 4.79 Å². The van der Waals surface area contributed by atoms with Crippen molar-refractivity contribution in [3.63, 3.8) is 0 Å². The number of benzene rings is 1. The Morgan fingerprint density at radius 2 is 1.46 bits per heavy atom. The molecule has 3 heterocycles. The Labute approximate surface area is 639 Å². The molecule has 23 atom stereocenters. The molecule has 0 radical (unpaired) electrons. The zero-order chi connectivity index (χ0) is 82.3. The molecule has 3 saturated heterocycles. The molecule has 1 aromatic carbocycles. The van der Waals surface area contributed by atoms with Crippen LogP contribution in [0, 0.1) is 29.6 Å². The van der Waals surface area contributed by atoms with Gasteiger partial charge in [-0.2, -0.15) is 0 Å². The molecule has 0 saturated carbocycles. The Bertz CT molecular complexity index is 3450. The summed E-state index contributed by atoms with van der Waals surface area (Å²) in [5, 5.41) is 74.5. The fourth-order valence-corrected chi connectivity index (χ4v) is 12.4. The van der Waals surface area contributed by atoms with E-state index >= 15 is 19.2 Å². The van der Waals surface area contributed by atoms with Crippen molar-refractivity contribution in [1.29, 1.82) is 0 Å². The Kier molecular flexibility index (Phi) is 36.6. The molecule has 0 aromatic heterocycles. The summed E-state index contributed by atoms with van der Waals surface area (Å²) >= 11 is 6.82. The van der Waals surface area contributed by atoms with E-state index in [1.807, 2.05) is 26.8 Å². The molecule has 6 unspecified atom stereocenters. The molecule has 3 aliphatic heterocycles. The number of halogens is 1. The number of esters is 1. The van der Waals surface area contributed by atoms with Gasteiger partial charge in [0.2, 0.25) is 71.3 Å². The molecule has 18 N–H and O–H groups in total. The summed E-state index contributed by atoms with van der Waals surface area (Å²) in [7, 11) is 3.46. The zero-order valence-electron chi connectivity index (χ0n) is 64.4. The highest BCUT2D eigenvalue weighted by atomic mass is 35.5. The number of carbonyl (C=O) groups is 13. The van der Waals surface area contributed by atoms with E-state index in [9.17, 15) is 68.7 Å². The first kappa shape index (κ1) is 92.7. The Hall–Kier alpha value is -8.72. The molecule has 0 aliphatic carbocycles. The predicted octanol–water partition coefficient (Wildman–Crippen LogP) is -3.55.